The summed E-state index contributed by atoms with van der Waals surface area (Å²) in [5, 5.41) is 3.85. The Morgan fingerprint density at radius 2 is 1.38 bits per heavy atom. The quantitative estimate of drug-likeness (QED) is 0.559. The predicted molar refractivity (Wildman–Crippen MR) is 66.8 cm³/mol. The zero-order valence-electron chi connectivity index (χ0n) is 6.12. The molecule has 1 unspecified atom stereocenters. The van der Waals surface area contributed by atoms with Crippen LogP contribution in [0.25, 0.3) is 10.8 Å². The van der Waals surface area contributed by atoms with Crippen LogP contribution in [0.4, 0.5) is 0 Å². The third-order valence-electron chi connectivity index (χ3n) is 1.77. The Hall–Kier alpha value is -0.870. The summed E-state index contributed by atoms with van der Waals surface area (Å²) in [4.78, 5) is 0. The van der Waals surface area contributed by atoms with Crippen LogP contribution in [0, 0.1) is 0 Å². The lowest BCUT2D eigenvalue weighted by Crippen LogP contribution is -1.86. The van der Waals surface area contributed by atoms with E-state index in [1.165, 1.54) is 16.1 Å². The molecular formula is C12H17P. The van der Waals surface area contributed by atoms with Crippen molar-refractivity contribution in [3.8, 4) is 0 Å². The van der Waals surface area contributed by atoms with Crippen LogP contribution in [-0.2, 0) is 0 Å². The summed E-state index contributed by atoms with van der Waals surface area (Å²) >= 11 is 0. The molecule has 2 aromatic carbocycles. The smallest absolute Gasteiger partial charge is 0.0178 e. The van der Waals surface area contributed by atoms with Gasteiger partial charge in [-0.1, -0.05) is 51.3 Å². The van der Waals surface area contributed by atoms with Crippen molar-refractivity contribution in [1.82, 2.24) is 0 Å². The number of rotatable bonds is 0. The van der Waals surface area contributed by atoms with Crippen molar-refractivity contribution >= 4 is 25.3 Å². The van der Waals surface area contributed by atoms with Crippen LogP contribution in [0.3, 0.4) is 0 Å². The van der Waals surface area contributed by atoms with E-state index in [9.17, 15) is 0 Å². The molecule has 0 bridgehead atoms. The van der Waals surface area contributed by atoms with Crippen LogP contribution < -0.4 is 5.30 Å². The first-order chi connectivity index (χ1) is 5.36. The molecule has 0 heterocycles. The van der Waals surface area contributed by atoms with Crippen LogP contribution in [0.1, 0.15) is 14.9 Å². The molecule has 0 aromatic heterocycles. The largest absolute Gasteiger partial charge is 0.106 e. The molecule has 0 nitrogen and oxygen atoms in total. The lowest BCUT2D eigenvalue weighted by molar-refractivity contribution is 1.79. The second-order valence-electron chi connectivity index (χ2n) is 2.61. The van der Waals surface area contributed by atoms with Gasteiger partial charge in [0.15, 0.2) is 0 Å². The van der Waals surface area contributed by atoms with Crippen LogP contribution in [-0.4, -0.2) is 0 Å². The van der Waals surface area contributed by atoms with Gasteiger partial charge in [0.25, 0.3) is 0 Å². The summed E-state index contributed by atoms with van der Waals surface area (Å²) in [6.45, 7) is 0. The van der Waals surface area contributed by atoms with Gasteiger partial charge in [0, 0.05) is 0 Å². The Morgan fingerprint density at radius 3 is 2.08 bits per heavy atom. The third-order valence-corrected chi connectivity index (χ3v) is 2.13. The van der Waals surface area contributed by atoms with Gasteiger partial charge < -0.3 is 0 Å². The predicted octanol–water partition coefficient (Wildman–Crippen LogP) is 3.61. The van der Waals surface area contributed by atoms with E-state index in [0.717, 1.165) is 0 Å². The van der Waals surface area contributed by atoms with E-state index >= 15 is 0 Å². The molecular weight excluding hydrogens is 175 g/mol. The summed E-state index contributed by atoms with van der Waals surface area (Å²) in [7, 11) is 2.70. The van der Waals surface area contributed by atoms with E-state index < -0.39 is 0 Å². The second kappa shape index (κ2) is 4.99. The van der Waals surface area contributed by atoms with E-state index in [4.69, 9.17) is 0 Å². The summed E-state index contributed by atoms with van der Waals surface area (Å²) in [6.07, 6.45) is 0. The van der Waals surface area contributed by atoms with Gasteiger partial charge in [0.05, 0.1) is 0 Å². The maximum atomic E-state index is 2.70. The van der Waals surface area contributed by atoms with Gasteiger partial charge in [-0.05, 0) is 22.1 Å². The zero-order valence-corrected chi connectivity index (χ0v) is 7.27. The lowest BCUT2D eigenvalue weighted by Gasteiger charge is -1.96. The minimum Gasteiger partial charge on any atom is -0.106 e. The highest BCUT2D eigenvalue weighted by Gasteiger charge is 1.89. The van der Waals surface area contributed by atoms with Gasteiger partial charge in [0.1, 0.15) is 0 Å². The summed E-state index contributed by atoms with van der Waals surface area (Å²) in [6, 6.07) is 14.8. The van der Waals surface area contributed by atoms with E-state index in [1.54, 1.807) is 0 Å². The molecule has 2 aromatic rings. The summed E-state index contributed by atoms with van der Waals surface area (Å²) in [5.74, 6) is 0. The number of hydrogen-bond acceptors (Lipinski definition) is 0. The Kier molecular flexibility index (Phi) is 4.66. The maximum absolute atomic E-state index is 2.70. The average Bonchev–Trinajstić information content (AvgIpc) is 2.04. The van der Waals surface area contributed by atoms with Crippen molar-refractivity contribution < 1.29 is 0 Å². The normalized spacial score (nSPS) is 8.69. The molecule has 0 N–H and O–H groups in total. The number of fused-ring (bicyclic) bond motifs is 1. The van der Waals surface area contributed by atoms with Gasteiger partial charge in [-0.25, -0.2) is 0 Å². The molecule has 0 fully saturated rings. The van der Waals surface area contributed by atoms with E-state index in [-0.39, 0.29) is 14.9 Å². The first kappa shape index (κ1) is 12.1. The van der Waals surface area contributed by atoms with Crippen molar-refractivity contribution in [2.45, 2.75) is 14.9 Å². The van der Waals surface area contributed by atoms with Gasteiger partial charge >= 0.3 is 0 Å². The zero-order chi connectivity index (χ0) is 7.68. The standard InChI is InChI=1S/C10H9P.2CH4/c11-10-6-5-8-3-1-2-4-9(8)7-10;;/h1-7H,11H2;2*1H4. The number of benzene rings is 2. The fourth-order valence-electron chi connectivity index (χ4n) is 1.21. The topological polar surface area (TPSA) is 0 Å². The Morgan fingerprint density at radius 1 is 0.769 bits per heavy atom. The second-order valence-corrected chi connectivity index (χ2v) is 3.27. The molecule has 1 heteroatoms. The van der Waals surface area contributed by atoms with Crippen molar-refractivity contribution in [2.24, 2.45) is 0 Å². The molecule has 0 amide bonds. The minimum absolute atomic E-state index is 0. The minimum atomic E-state index is 0. The molecule has 2 rings (SSSR count). The SMILES string of the molecule is C.C.Pc1ccc2ccccc2c1. The molecule has 0 aliphatic carbocycles. The van der Waals surface area contributed by atoms with Gasteiger partial charge in [-0.2, -0.15) is 0 Å². The summed E-state index contributed by atoms with van der Waals surface area (Å²) < 4.78 is 0. The summed E-state index contributed by atoms with van der Waals surface area (Å²) in [5.41, 5.74) is 0. The molecule has 0 aliphatic heterocycles. The Bertz CT molecular complexity index is 380. The van der Waals surface area contributed by atoms with Gasteiger partial charge in [-0.3, -0.25) is 0 Å². The first-order valence-electron chi connectivity index (χ1n) is 3.60. The molecule has 0 aliphatic rings. The molecule has 0 spiro atoms. The monoisotopic (exact) mass is 192 g/mol. The average molecular weight is 192 g/mol. The van der Waals surface area contributed by atoms with Crippen LogP contribution >= 0.6 is 9.24 Å². The molecule has 70 valence electrons. The highest BCUT2D eigenvalue weighted by Crippen LogP contribution is 2.11. The van der Waals surface area contributed by atoms with Crippen LogP contribution in [0.5, 0.6) is 0 Å². The van der Waals surface area contributed by atoms with E-state index in [0.29, 0.717) is 0 Å². The fraction of sp³-hybridized carbons (Fsp3) is 0.167. The maximum Gasteiger partial charge on any atom is -0.0178 e. The van der Waals surface area contributed by atoms with Gasteiger partial charge in [0.2, 0.25) is 0 Å². The first-order valence-corrected chi connectivity index (χ1v) is 4.18. The molecule has 1 atom stereocenters. The Balaban J connectivity index is 0.000000720. The molecule has 13 heavy (non-hydrogen) atoms. The molecule has 0 radical (unpaired) electrons. The van der Waals surface area contributed by atoms with Crippen LogP contribution in [0.2, 0.25) is 0 Å². The highest BCUT2D eigenvalue weighted by atomic mass is 31.0. The van der Waals surface area contributed by atoms with Gasteiger partial charge in [-0.15, -0.1) is 9.24 Å². The molecule has 0 saturated heterocycles. The third kappa shape index (κ3) is 2.54. The van der Waals surface area contributed by atoms with Crippen molar-refractivity contribution in [1.29, 1.82) is 0 Å². The number of hydrogen-bond donors (Lipinski definition) is 0. The van der Waals surface area contributed by atoms with Crippen molar-refractivity contribution in [3.63, 3.8) is 0 Å². The highest BCUT2D eigenvalue weighted by molar-refractivity contribution is 7.27. The van der Waals surface area contributed by atoms with E-state index in [2.05, 4.69) is 51.7 Å². The fourth-order valence-corrected chi connectivity index (χ4v) is 1.48. The van der Waals surface area contributed by atoms with E-state index in [1.807, 2.05) is 0 Å². The molecule has 0 saturated carbocycles. The van der Waals surface area contributed by atoms with Crippen molar-refractivity contribution in [3.05, 3.63) is 42.5 Å². The Labute approximate surface area is 83.2 Å². The van der Waals surface area contributed by atoms with Crippen LogP contribution in [0.15, 0.2) is 42.5 Å². The van der Waals surface area contributed by atoms with Crippen molar-refractivity contribution in [2.75, 3.05) is 0 Å². The lowest BCUT2D eigenvalue weighted by atomic mass is 10.1.